The van der Waals surface area contributed by atoms with Gasteiger partial charge < -0.3 is 10.8 Å². The third-order valence-electron chi connectivity index (χ3n) is 3.60. The number of benzene rings is 1. The summed E-state index contributed by atoms with van der Waals surface area (Å²) < 4.78 is 39.9. The molecule has 0 saturated carbocycles. The molecule has 0 aromatic heterocycles. The van der Waals surface area contributed by atoms with Crippen LogP contribution in [-0.2, 0) is 10.0 Å². The Morgan fingerprint density at radius 3 is 2.80 bits per heavy atom. The molecule has 7 heteroatoms. The van der Waals surface area contributed by atoms with Crippen LogP contribution in [0.4, 0.5) is 10.1 Å². The summed E-state index contributed by atoms with van der Waals surface area (Å²) in [6.45, 7) is 0.0813. The number of sulfonamides is 1. The van der Waals surface area contributed by atoms with Crippen LogP contribution < -0.4 is 5.73 Å². The molecule has 0 amide bonds. The first kappa shape index (κ1) is 15.2. The highest BCUT2D eigenvalue weighted by atomic mass is 32.2. The predicted molar refractivity (Wildman–Crippen MR) is 74.0 cm³/mol. The van der Waals surface area contributed by atoms with Crippen LogP contribution in [-0.4, -0.2) is 37.0 Å². The van der Waals surface area contributed by atoms with Gasteiger partial charge in [0.25, 0.3) is 0 Å². The van der Waals surface area contributed by atoms with Crippen LogP contribution in [0.25, 0.3) is 0 Å². The fraction of sp³-hybridized carbons (Fsp3) is 0.538. The summed E-state index contributed by atoms with van der Waals surface area (Å²) in [6.07, 6.45) is 3.12. The zero-order valence-electron chi connectivity index (χ0n) is 11.1. The molecule has 0 aliphatic carbocycles. The molecule has 1 atom stereocenters. The first-order valence-corrected chi connectivity index (χ1v) is 8.08. The van der Waals surface area contributed by atoms with Gasteiger partial charge in [-0.2, -0.15) is 4.31 Å². The van der Waals surface area contributed by atoms with E-state index in [9.17, 15) is 17.9 Å². The molecule has 1 aliphatic rings. The lowest BCUT2D eigenvalue weighted by atomic mass is 10.1. The molecule has 0 bridgehead atoms. The van der Waals surface area contributed by atoms with Gasteiger partial charge in [-0.3, -0.25) is 0 Å². The molecule has 0 radical (unpaired) electrons. The second-order valence-electron chi connectivity index (χ2n) is 4.98. The van der Waals surface area contributed by atoms with Crippen LogP contribution in [0.1, 0.15) is 25.7 Å². The molecule has 3 N–H and O–H groups in total. The largest absolute Gasteiger partial charge is 0.398 e. The van der Waals surface area contributed by atoms with Gasteiger partial charge in [-0.1, -0.05) is 12.8 Å². The first-order valence-electron chi connectivity index (χ1n) is 6.64. The highest BCUT2D eigenvalue weighted by Gasteiger charge is 2.33. The maximum absolute atomic E-state index is 13.3. The molecule has 0 spiro atoms. The lowest BCUT2D eigenvalue weighted by molar-refractivity contribution is 0.186. The minimum absolute atomic E-state index is 0.0207. The second kappa shape index (κ2) is 6.07. The van der Waals surface area contributed by atoms with Gasteiger partial charge in [-0.15, -0.1) is 0 Å². The maximum Gasteiger partial charge on any atom is 0.245 e. The summed E-state index contributed by atoms with van der Waals surface area (Å²) in [6, 6.07) is 2.84. The van der Waals surface area contributed by atoms with Crippen molar-refractivity contribution in [1.82, 2.24) is 4.31 Å². The Labute approximate surface area is 118 Å². The summed E-state index contributed by atoms with van der Waals surface area (Å²) in [5.41, 5.74) is 5.69. The molecule has 1 fully saturated rings. The van der Waals surface area contributed by atoms with E-state index in [0.717, 1.165) is 31.4 Å². The van der Waals surface area contributed by atoms with Crippen LogP contribution in [0.3, 0.4) is 0 Å². The number of hydrogen-bond acceptors (Lipinski definition) is 4. The van der Waals surface area contributed by atoms with Crippen molar-refractivity contribution >= 4 is 15.7 Å². The Hall–Kier alpha value is -1.18. The van der Waals surface area contributed by atoms with E-state index in [4.69, 9.17) is 5.73 Å². The van der Waals surface area contributed by atoms with Gasteiger partial charge in [0.1, 0.15) is 10.7 Å². The van der Waals surface area contributed by atoms with E-state index in [1.807, 2.05) is 0 Å². The summed E-state index contributed by atoms with van der Waals surface area (Å²) in [5, 5.41) is 9.41. The van der Waals surface area contributed by atoms with E-state index in [0.29, 0.717) is 13.0 Å². The third-order valence-corrected chi connectivity index (χ3v) is 5.60. The number of halogens is 1. The molecule has 112 valence electrons. The molecule has 1 aromatic rings. The normalized spacial score (nSPS) is 21.6. The zero-order chi connectivity index (χ0) is 14.8. The standard InChI is InChI=1S/C13H19FN2O3S/c14-10-5-6-12(15)13(8-10)20(18,19)16-7-3-1-2-4-11(16)9-17/h5-6,8,11,17H,1-4,7,9,15H2. The number of nitrogens with zero attached hydrogens (tertiary/aromatic N) is 1. The second-order valence-corrected chi connectivity index (χ2v) is 6.84. The van der Waals surface area contributed by atoms with Gasteiger partial charge >= 0.3 is 0 Å². The quantitative estimate of drug-likeness (QED) is 0.825. The fourth-order valence-corrected chi connectivity index (χ4v) is 4.32. The van der Waals surface area contributed by atoms with Crippen molar-refractivity contribution in [2.75, 3.05) is 18.9 Å². The van der Waals surface area contributed by atoms with Gasteiger partial charge in [0.2, 0.25) is 10.0 Å². The van der Waals surface area contributed by atoms with Crippen LogP contribution in [0.5, 0.6) is 0 Å². The van der Waals surface area contributed by atoms with Crippen LogP contribution in [0, 0.1) is 5.82 Å². The van der Waals surface area contributed by atoms with Crippen molar-refractivity contribution in [1.29, 1.82) is 0 Å². The predicted octanol–water partition coefficient (Wildman–Crippen LogP) is 1.33. The molecule has 1 aliphatic heterocycles. The number of aliphatic hydroxyl groups excluding tert-OH is 1. The summed E-state index contributed by atoms with van der Waals surface area (Å²) in [4.78, 5) is -0.224. The van der Waals surface area contributed by atoms with E-state index in [1.165, 1.54) is 10.4 Å². The number of hydrogen-bond donors (Lipinski definition) is 2. The van der Waals surface area contributed by atoms with Crippen molar-refractivity contribution in [2.45, 2.75) is 36.6 Å². The first-order chi connectivity index (χ1) is 9.46. The number of anilines is 1. The lowest BCUT2D eigenvalue weighted by Gasteiger charge is -2.28. The molecule has 1 saturated heterocycles. The number of rotatable bonds is 3. The summed E-state index contributed by atoms with van der Waals surface area (Å²) >= 11 is 0. The Balaban J connectivity index is 2.44. The van der Waals surface area contributed by atoms with E-state index in [1.54, 1.807) is 0 Å². The molecular weight excluding hydrogens is 283 g/mol. The van der Waals surface area contributed by atoms with Crippen molar-refractivity contribution < 1.29 is 17.9 Å². The third kappa shape index (κ3) is 2.94. The van der Waals surface area contributed by atoms with Gasteiger partial charge in [-0.05, 0) is 31.0 Å². The van der Waals surface area contributed by atoms with Crippen molar-refractivity contribution in [3.05, 3.63) is 24.0 Å². The highest BCUT2D eigenvalue weighted by molar-refractivity contribution is 7.89. The summed E-state index contributed by atoms with van der Waals surface area (Å²) in [5.74, 6) is -0.645. The van der Waals surface area contributed by atoms with Crippen LogP contribution in [0.2, 0.25) is 0 Å². The molecule has 20 heavy (non-hydrogen) atoms. The fourth-order valence-electron chi connectivity index (χ4n) is 2.51. The van der Waals surface area contributed by atoms with Crippen LogP contribution >= 0.6 is 0 Å². The average Bonchev–Trinajstić information content (AvgIpc) is 2.66. The van der Waals surface area contributed by atoms with E-state index < -0.39 is 21.9 Å². The van der Waals surface area contributed by atoms with Crippen molar-refractivity contribution in [2.24, 2.45) is 0 Å². The monoisotopic (exact) mass is 302 g/mol. The lowest BCUT2D eigenvalue weighted by Crippen LogP contribution is -2.42. The minimum atomic E-state index is -3.89. The number of nitrogens with two attached hydrogens (primary N) is 1. The maximum atomic E-state index is 13.3. The molecule has 1 unspecified atom stereocenters. The molecule has 2 rings (SSSR count). The molecule has 5 nitrogen and oxygen atoms in total. The molecule has 1 heterocycles. The molecular formula is C13H19FN2O3S. The number of aliphatic hydroxyl groups is 1. The Morgan fingerprint density at radius 1 is 1.35 bits per heavy atom. The molecule has 1 aromatic carbocycles. The topological polar surface area (TPSA) is 83.6 Å². The van der Waals surface area contributed by atoms with Gasteiger partial charge in [0.05, 0.1) is 12.3 Å². The van der Waals surface area contributed by atoms with Gasteiger partial charge in [0.15, 0.2) is 0 Å². The van der Waals surface area contributed by atoms with Crippen LogP contribution in [0.15, 0.2) is 23.1 Å². The zero-order valence-corrected chi connectivity index (χ0v) is 11.9. The van der Waals surface area contributed by atoms with Crippen molar-refractivity contribution in [3.63, 3.8) is 0 Å². The minimum Gasteiger partial charge on any atom is -0.398 e. The smallest absolute Gasteiger partial charge is 0.245 e. The Morgan fingerprint density at radius 2 is 2.10 bits per heavy atom. The Bertz CT molecular complexity index is 577. The van der Waals surface area contributed by atoms with E-state index >= 15 is 0 Å². The summed E-state index contributed by atoms with van der Waals surface area (Å²) in [7, 11) is -3.89. The highest BCUT2D eigenvalue weighted by Crippen LogP contribution is 2.28. The SMILES string of the molecule is Nc1ccc(F)cc1S(=O)(=O)N1CCCCCC1CO. The average molecular weight is 302 g/mol. The van der Waals surface area contributed by atoms with Gasteiger partial charge in [0, 0.05) is 12.6 Å². The van der Waals surface area contributed by atoms with E-state index in [2.05, 4.69) is 0 Å². The Kier molecular flexibility index (Phi) is 4.62. The number of nitrogen functional groups attached to an aromatic ring is 1. The van der Waals surface area contributed by atoms with Gasteiger partial charge in [-0.25, -0.2) is 12.8 Å². The van der Waals surface area contributed by atoms with Crippen molar-refractivity contribution in [3.8, 4) is 0 Å². The van der Waals surface area contributed by atoms with E-state index in [-0.39, 0.29) is 17.2 Å².